The summed E-state index contributed by atoms with van der Waals surface area (Å²) >= 11 is 0. The summed E-state index contributed by atoms with van der Waals surface area (Å²) in [5.41, 5.74) is -0.859. The van der Waals surface area contributed by atoms with Gasteiger partial charge in [0.05, 0.1) is 11.1 Å². The average molecular weight is 421 g/mol. The zero-order valence-corrected chi connectivity index (χ0v) is 16.4. The van der Waals surface area contributed by atoms with Gasteiger partial charge in [0.1, 0.15) is 11.6 Å². The highest BCUT2D eigenvalue weighted by Crippen LogP contribution is 2.43. The van der Waals surface area contributed by atoms with Gasteiger partial charge in [0, 0.05) is 5.56 Å². The van der Waals surface area contributed by atoms with Crippen molar-refractivity contribution < 1.29 is 32.2 Å². The third-order valence-electron chi connectivity index (χ3n) is 5.25. The number of amides is 1. The molecule has 0 aromatic heterocycles. The van der Waals surface area contributed by atoms with Gasteiger partial charge in [-0.2, -0.15) is 8.78 Å². The van der Waals surface area contributed by atoms with E-state index in [1.165, 1.54) is 37.3 Å². The topological polar surface area (TPSA) is 64.6 Å². The molecule has 0 radical (unpaired) electrons. The van der Waals surface area contributed by atoms with E-state index in [0.29, 0.717) is 12.8 Å². The van der Waals surface area contributed by atoms with Gasteiger partial charge in [-0.1, -0.05) is 43.2 Å². The summed E-state index contributed by atoms with van der Waals surface area (Å²) in [7, 11) is 0. The van der Waals surface area contributed by atoms with Gasteiger partial charge < -0.3 is 14.8 Å². The Hall–Kier alpha value is -3.03. The number of carbonyl (C=O) groups is 2. The summed E-state index contributed by atoms with van der Waals surface area (Å²) < 4.78 is 49.3. The Kier molecular flexibility index (Phi) is 6.64. The van der Waals surface area contributed by atoms with Crippen molar-refractivity contribution in [2.45, 2.75) is 50.7 Å². The molecule has 0 saturated heterocycles. The number of esters is 1. The number of nitrogens with one attached hydrogen (secondary N) is 1. The van der Waals surface area contributed by atoms with Crippen LogP contribution < -0.4 is 10.1 Å². The van der Waals surface area contributed by atoms with Crippen molar-refractivity contribution in [3.8, 4) is 5.75 Å². The van der Waals surface area contributed by atoms with Gasteiger partial charge in [-0.15, -0.1) is 0 Å². The number of para-hydroxylation sites is 2. The van der Waals surface area contributed by atoms with E-state index < -0.39 is 35.8 Å². The molecule has 1 saturated carbocycles. The second-order valence-corrected chi connectivity index (χ2v) is 7.18. The Bertz CT molecular complexity index is 913. The zero-order chi connectivity index (χ0) is 21.7. The molecule has 30 heavy (non-hydrogen) atoms. The van der Waals surface area contributed by atoms with E-state index in [4.69, 9.17) is 4.74 Å². The first-order chi connectivity index (χ1) is 14.3. The van der Waals surface area contributed by atoms with Gasteiger partial charge in [0.25, 0.3) is 5.91 Å². The summed E-state index contributed by atoms with van der Waals surface area (Å²) in [5, 5.41) is 2.43. The molecule has 0 bridgehead atoms. The van der Waals surface area contributed by atoms with Crippen LogP contribution in [0.2, 0.25) is 0 Å². The molecule has 1 N–H and O–H groups in total. The van der Waals surface area contributed by atoms with E-state index in [1.54, 1.807) is 18.2 Å². The fraction of sp³-hybridized carbons (Fsp3) is 0.364. The molecule has 2 aromatic rings. The summed E-state index contributed by atoms with van der Waals surface area (Å²) in [6.45, 7) is -1.69. The highest BCUT2D eigenvalue weighted by molar-refractivity contribution is 5.97. The van der Waals surface area contributed by atoms with E-state index >= 15 is 0 Å². The molecule has 8 heteroatoms. The van der Waals surface area contributed by atoms with E-state index in [1.807, 2.05) is 0 Å². The second kappa shape index (κ2) is 9.19. The van der Waals surface area contributed by atoms with Crippen molar-refractivity contribution >= 4 is 17.6 Å². The molecule has 1 amide bonds. The highest BCUT2D eigenvalue weighted by Gasteiger charge is 2.46. The lowest BCUT2D eigenvalue weighted by molar-refractivity contribution is -0.159. The quantitative estimate of drug-likeness (QED) is 0.652. The third kappa shape index (κ3) is 4.58. The van der Waals surface area contributed by atoms with Gasteiger partial charge in [0.2, 0.25) is 0 Å². The van der Waals surface area contributed by atoms with Crippen LogP contribution in [0, 0.1) is 5.82 Å². The lowest BCUT2D eigenvalue weighted by Gasteiger charge is -2.29. The first-order valence-corrected chi connectivity index (χ1v) is 9.64. The van der Waals surface area contributed by atoms with Crippen molar-refractivity contribution in [3.05, 3.63) is 59.9 Å². The fourth-order valence-corrected chi connectivity index (χ4v) is 3.74. The fourth-order valence-electron chi connectivity index (χ4n) is 3.74. The Balaban J connectivity index is 1.73. The van der Waals surface area contributed by atoms with Crippen molar-refractivity contribution in [3.63, 3.8) is 0 Å². The largest absolute Gasteiger partial charge is 0.452 e. The maximum Gasteiger partial charge on any atom is 0.387 e. The molecule has 5 nitrogen and oxygen atoms in total. The molecule has 1 aliphatic rings. The maximum atomic E-state index is 14.4. The minimum absolute atomic E-state index is 0.0235. The molecule has 160 valence electrons. The van der Waals surface area contributed by atoms with Crippen LogP contribution in [0.4, 0.5) is 18.9 Å². The van der Waals surface area contributed by atoms with Gasteiger partial charge in [-0.25, -0.2) is 4.39 Å². The van der Waals surface area contributed by atoms with Crippen LogP contribution in [-0.2, 0) is 19.7 Å². The average Bonchev–Trinajstić information content (AvgIpc) is 3.20. The van der Waals surface area contributed by atoms with Crippen LogP contribution in [0.15, 0.2) is 48.5 Å². The molecule has 1 atom stereocenters. The predicted octanol–water partition coefficient (Wildman–Crippen LogP) is 4.81. The number of hydrogen-bond acceptors (Lipinski definition) is 4. The Morgan fingerprint density at radius 3 is 2.33 bits per heavy atom. The number of ether oxygens (including phenoxy) is 2. The number of halogens is 3. The molecule has 3 rings (SSSR count). The zero-order valence-electron chi connectivity index (χ0n) is 16.4. The number of alkyl halides is 2. The monoisotopic (exact) mass is 421 g/mol. The normalized spacial score (nSPS) is 16.2. The van der Waals surface area contributed by atoms with E-state index in [0.717, 1.165) is 12.8 Å². The number of carbonyl (C=O) groups excluding carboxylic acids is 2. The van der Waals surface area contributed by atoms with Gasteiger partial charge in [0.15, 0.2) is 6.10 Å². The Labute approximate surface area is 172 Å². The van der Waals surface area contributed by atoms with Crippen LogP contribution >= 0.6 is 0 Å². The second-order valence-electron chi connectivity index (χ2n) is 7.18. The predicted molar refractivity (Wildman–Crippen MR) is 104 cm³/mol. The highest BCUT2D eigenvalue weighted by atomic mass is 19.3. The van der Waals surface area contributed by atoms with Crippen LogP contribution in [0.5, 0.6) is 5.75 Å². The molecular formula is C22H22F3NO4. The van der Waals surface area contributed by atoms with Crippen LogP contribution in [0.25, 0.3) is 0 Å². The Morgan fingerprint density at radius 2 is 1.67 bits per heavy atom. The van der Waals surface area contributed by atoms with Crippen molar-refractivity contribution in [1.82, 2.24) is 0 Å². The first-order valence-electron chi connectivity index (χ1n) is 9.64. The minimum atomic E-state index is -3.05. The molecule has 2 aromatic carbocycles. The number of rotatable bonds is 7. The van der Waals surface area contributed by atoms with Crippen LogP contribution in [0.3, 0.4) is 0 Å². The van der Waals surface area contributed by atoms with Gasteiger partial charge in [-0.3, -0.25) is 9.59 Å². The van der Waals surface area contributed by atoms with E-state index in [-0.39, 0.29) is 17.0 Å². The molecule has 0 spiro atoms. The van der Waals surface area contributed by atoms with Gasteiger partial charge in [-0.05, 0) is 38.0 Å². The molecule has 0 unspecified atom stereocenters. The summed E-state index contributed by atoms with van der Waals surface area (Å²) in [4.78, 5) is 25.5. The smallest absolute Gasteiger partial charge is 0.387 e. The molecule has 1 fully saturated rings. The van der Waals surface area contributed by atoms with Crippen molar-refractivity contribution in [2.75, 3.05) is 5.32 Å². The van der Waals surface area contributed by atoms with Crippen LogP contribution in [-0.4, -0.2) is 24.6 Å². The number of benzene rings is 2. The van der Waals surface area contributed by atoms with E-state index in [9.17, 15) is 22.8 Å². The van der Waals surface area contributed by atoms with E-state index in [2.05, 4.69) is 10.1 Å². The van der Waals surface area contributed by atoms with Gasteiger partial charge >= 0.3 is 12.6 Å². The summed E-state index contributed by atoms with van der Waals surface area (Å²) in [6.07, 6.45) is 1.10. The Morgan fingerprint density at radius 1 is 1.03 bits per heavy atom. The first kappa shape index (κ1) is 21.7. The summed E-state index contributed by atoms with van der Waals surface area (Å²) in [5.74, 6) is -2.09. The molecule has 1 aliphatic carbocycles. The molecular weight excluding hydrogens is 399 g/mol. The molecule has 0 aliphatic heterocycles. The summed E-state index contributed by atoms with van der Waals surface area (Å²) in [6, 6.07) is 11.7. The van der Waals surface area contributed by atoms with Crippen molar-refractivity contribution in [1.29, 1.82) is 0 Å². The molecule has 0 heterocycles. The third-order valence-corrected chi connectivity index (χ3v) is 5.25. The maximum absolute atomic E-state index is 14.4. The lowest BCUT2D eigenvalue weighted by Crippen LogP contribution is -2.40. The number of anilines is 1. The lowest BCUT2D eigenvalue weighted by atomic mass is 9.78. The van der Waals surface area contributed by atoms with Crippen molar-refractivity contribution in [2.24, 2.45) is 0 Å². The SMILES string of the molecule is C[C@H](OC(=O)C1(c2ccccc2F)CCCC1)C(=O)Nc1ccccc1OC(F)F. The number of hydrogen-bond donors (Lipinski definition) is 1. The van der Waals surface area contributed by atoms with Crippen LogP contribution in [0.1, 0.15) is 38.2 Å². The standard InChI is InChI=1S/C22H22F3NO4/c1-14(19(27)26-17-10-4-5-11-18(17)30-21(24)25)29-20(28)22(12-6-7-13-22)15-8-2-3-9-16(15)23/h2-5,8-11,14,21H,6-7,12-13H2,1H3,(H,26,27)/t14-/m0/s1. The minimum Gasteiger partial charge on any atom is -0.452 e.